The lowest BCUT2D eigenvalue weighted by molar-refractivity contribution is -0.133. The first-order chi connectivity index (χ1) is 13.3. The smallest absolute Gasteiger partial charge is 0.333 e. The molecule has 1 N–H and O–H groups in total. The Balaban J connectivity index is 2.08. The van der Waals surface area contributed by atoms with E-state index >= 15 is 0 Å². The molecule has 3 rings (SSSR count). The molecule has 0 atom stereocenters. The molecule has 28 heavy (non-hydrogen) atoms. The van der Waals surface area contributed by atoms with Crippen LogP contribution in [0.4, 0.5) is 5.69 Å². The van der Waals surface area contributed by atoms with Crippen molar-refractivity contribution in [3.05, 3.63) is 69.8 Å². The van der Waals surface area contributed by atoms with Crippen LogP contribution in [0, 0.1) is 13.8 Å². The summed E-state index contributed by atoms with van der Waals surface area (Å²) in [6.45, 7) is 6.62. The maximum atomic E-state index is 13.1. The molecule has 1 aliphatic heterocycles. The van der Waals surface area contributed by atoms with Crippen LogP contribution < -0.4 is 4.90 Å². The van der Waals surface area contributed by atoms with Crippen molar-refractivity contribution in [2.24, 2.45) is 0 Å². The number of rotatable bonds is 5. The topological polar surface area (TPSA) is 57.6 Å². The first-order valence-electron chi connectivity index (χ1n) is 9.44. The molecule has 1 aliphatic rings. The number of aliphatic carboxylic acids is 1. The van der Waals surface area contributed by atoms with Crippen molar-refractivity contribution in [3.8, 4) is 0 Å². The zero-order chi connectivity index (χ0) is 20.4. The lowest BCUT2D eigenvalue weighted by atomic mass is 10.0. The van der Waals surface area contributed by atoms with Gasteiger partial charge in [0.05, 0.1) is 24.2 Å². The van der Waals surface area contributed by atoms with Crippen LogP contribution in [0.15, 0.2) is 42.0 Å². The maximum absolute atomic E-state index is 13.1. The second-order valence-corrected chi connectivity index (χ2v) is 8.03. The van der Waals surface area contributed by atoms with Gasteiger partial charge >= 0.3 is 5.97 Å². The van der Waals surface area contributed by atoms with Crippen molar-refractivity contribution in [1.29, 1.82) is 0 Å². The van der Waals surface area contributed by atoms with Crippen molar-refractivity contribution in [2.75, 3.05) is 4.90 Å². The molecule has 2 aromatic rings. The minimum Gasteiger partial charge on any atom is -0.478 e. The van der Waals surface area contributed by atoms with Crippen LogP contribution in [0.1, 0.15) is 47.6 Å². The van der Waals surface area contributed by atoms with Crippen molar-refractivity contribution < 1.29 is 14.7 Å². The van der Waals surface area contributed by atoms with Crippen molar-refractivity contribution in [1.82, 2.24) is 0 Å². The molecular weight excluding hydrogens is 418 g/mol. The van der Waals surface area contributed by atoms with Crippen molar-refractivity contribution in [2.45, 2.75) is 46.6 Å². The summed E-state index contributed by atoms with van der Waals surface area (Å²) in [6, 6.07) is 12.0. The summed E-state index contributed by atoms with van der Waals surface area (Å²) in [5.41, 5.74) is 6.13. The standard InChI is InChI=1S/C23H24BrNO3/c1-4-6-17-11-16(10-9-14(17)2)13-25-20(26)12-19(23(27)28)21(24)18-8-5-7-15(3)22(18)25/h5,7-11H,4,6,12-13H2,1-3H3,(H,27,28). The van der Waals surface area contributed by atoms with E-state index < -0.39 is 5.97 Å². The molecule has 1 amide bonds. The fraction of sp³-hybridized carbons (Fsp3) is 0.304. The number of carboxylic acid groups (broad SMARTS) is 1. The van der Waals surface area contributed by atoms with Gasteiger partial charge in [-0.1, -0.05) is 49.7 Å². The van der Waals surface area contributed by atoms with E-state index in [1.54, 1.807) is 4.90 Å². The average molecular weight is 442 g/mol. The molecule has 146 valence electrons. The van der Waals surface area contributed by atoms with Gasteiger partial charge < -0.3 is 10.0 Å². The zero-order valence-electron chi connectivity index (χ0n) is 16.4. The van der Waals surface area contributed by atoms with Crippen LogP contribution in [0.2, 0.25) is 0 Å². The number of para-hydroxylation sites is 1. The highest BCUT2D eigenvalue weighted by molar-refractivity contribution is 9.15. The summed E-state index contributed by atoms with van der Waals surface area (Å²) in [5.74, 6) is -1.28. The number of fused-ring (bicyclic) bond motifs is 1. The lowest BCUT2D eigenvalue weighted by Crippen LogP contribution is -2.31. The third-order valence-electron chi connectivity index (χ3n) is 5.17. The van der Waals surface area contributed by atoms with Crippen LogP contribution in [0.3, 0.4) is 0 Å². The van der Waals surface area contributed by atoms with Crippen LogP contribution in [0.25, 0.3) is 4.48 Å². The highest BCUT2D eigenvalue weighted by Gasteiger charge is 2.30. The van der Waals surface area contributed by atoms with E-state index in [9.17, 15) is 14.7 Å². The van der Waals surface area contributed by atoms with Crippen molar-refractivity contribution >= 4 is 38.0 Å². The molecule has 5 heteroatoms. The molecule has 0 aromatic heterocycles. The van der Waals surface area contributed by atoms with E-state index in [0.717, 1.165) is 35.2 Å². The molecule has 1 heterocycles. The van der Waals surface area contributed by atoms with Gasteiger partial charge in [0.2, 0.25) is 5.91 Å². The van der Waals surface area contributed by atoms with Crippen LogP contribution in [-0.2, 0) is 22.6 Å². The number of anilines is 1. The molecule has 0 spiro atoms. The monoisotopic (exact) mass is 441 g/mol. The molecule has 0 saturated carbocycles. The molecule has 0 unspecified atom stereocenters. The highest BCUT2D eigenvalue weighted by atomic mass is 79.9. The summed E-state index contributed by atoms with van der Waals surface area (Å²) in [4.78, 5) is 26.5. The van der Waals surface area contributed by atoms with Gasteiger partial charge in [-0.3, -0.25) is 4.79 Å². The number of hydrogen-bond donors (Lipinski definition) is 1. The van der Waals surface area contributed by atoms with Gasteiger partial charge in [0, 0.05) is 10.0 Å². The summed E-state index contributed by atoms with van der Waals surface area (Å²) < 4.78 is 0.477. The average Bonchev–Trinajstić information content (AvgIpc) is 2.75. The summed E-state index contributed by atoms with van der Waals surface area (Å²) in [7, 11) is 0. The van der Waals surface area contributed by atoms with E-state index in [-0.39, 0.29) is 17.9 Å². The number of carboxylic acids is 1. The number of carbonyl (C=O) groups excluding carboxylic acids is 1. The fourth-order valence-corrected chi connectivity index (χ4v) is 4.32. The van der Waals surface area contributed by atoms with Gasteiger partial charge in [-0.05, 0) is 58.5 Å². The minimum absolute atomic E-state index is 0.0925. The number of benzene rings is 2. The molecule has 0 saturated heterocycles. The second kappa shape index (κ2) is 8.31. The molecule has 0 bridgehead atoms. The SMILES string of the molecule is CCCc1cc(CN2C(=O)CC(C(=O)O)=C(Br)c3cccc(C)c32)ccc1C. The van der Waals surface area contributed by atoms with Crippen LogP contribution in [-0.4, -0.2) is 17.0 Å². The number of halogens is 1. The Morgan fingerprint density at radius 2 is 1.93 bits per heavy atom. The Morgan fingerprint density at radius 1 is 1.18 bits per heavy atom. The summed E-state index contributed by atoms with van der Waals surface area (Å²) in [6.07, 6.45) is 1.92. The summed E-state index contributed by atoms with van der Waals surface area (Å²) >= 11 is 3.44. The molecule has 0 radical (unpaired) electrons. The van der Waals surface area contributed by atoms with Crippen LogP contribution in [0.5, 0.6) is 0 Å². The Labute approximate surface area is 174 Å². The van der Waals surface area contributed by atoms with Gasteiger partial charge in [0.15, 0.2) is 0 Å². The van der Waals surface area contributed by atoms with E-state index in [2.05, 4.69) is 41.9 Å². The molecule has 2 aromatic carbocycles. The third-order valence-corrected chi connectivity index (χ3v) is 6.08. The molecule has 0 fully saturated rings. The Morgan fingerprint density at radius 3 is 2.61 bits per heavy atom. The number of nitrogens with zero attached hydrogens (tertiary/aromatic N) is 1. The Kier molecular flexibility index (Phi) is 6.04. The molecular formula is C23H24BrNO3. The van der Waals surface area contributed by atoms with Gasteiger partial charge in [0.1, 0.15) is 0 Å². The van der Waals surface area contributed by atoms with Crippen molar-refractivity contribution in [3.63, 3.8) is 0 Å². The number of hydrogen-bond acceptors (Lipinski definition) is 2. The molecule has 4 nitrogen and oxygen atoms in total. The maximum Gasteiger partial charge on any atom is 0.333 e. The van der Waals surface area contributed by atoms with Gasteiger partial charge in [0.25, 0.3) is 0 Å². The first kappa shape index (κ1) is 20.3. The molecule has 0 aliphatic carbocycles. The zero-order valence-corrected chi connectivity index (χ0v) is 18.0. The second-order valence-electron chi connectivity index (χ2n) is 7.24. The predicted molar refractivity (Wildman–Crippen MR) is 116 cm³/mol. The minimum atomic E-state index is -1.07. The normalized spacial score (nSPS) is 14.1. The van der Waals surface area contributed by atoms with Gasteiger partial charge in [-0.25, -0.2) is 4.79 Å². The predicted octanol–water partition coefficient (Wildman–Crippen LogP) is 5.38. The van der Waals surface area contributed by atoms with E-state index in [0.29, 0.717) is 11.0 Å². The lowest BCUT2D eigenvalue weighted by Gasteiger charge is -2.26. The fourth-order valence-electron chi connectivity index (χ4n) is 3.69. The quantitative estimate of drug-likeness (QED) is 0.676. The summed E-state index contributed by atoms with van der Waals surface area (Å²) in [5, 5.41) is 9.59. The Bertz CT molecular complexity index is 978. The van der Waals surface area contributed by atoms with E-state index in [4.69, 9.17) is 0 Å². The largest absolute Gasteiger partial charge is 0.478 e. The van der Waals surface area contributed by atoms with E-state index in [1.807, 2.05) is 31.2 Å². The van der Waals surface area contributed by atoms with Crippen LogP contribution >= 0.6 is 15.9 Å². The highest BCUT2D eigenvalue weighted by Crippen LogP contribution is 2.40. The first-order valence-corrected chi connectivity index (χ1v) is 10.2. The number of carbonyl (C=O) groups is 2. The third kappa shape index (κ3) is 3.90. The van der Waals surface area contributed by atoms with Gasteiger partial charge in [-0.15, -0.1) is 0 Å². The Hall–Kier alpha value is -2.40. The van der Waals surface area contributed by atoms with Gasteiger partial charge in [-0.2, -0.15) is 0 Å². The number of amides is 1. The van der Waals surface area contributed by atoms with E-state index in [1.165, 1.54) is 11.1 Å². The number of aryl methyl sites for hydroxylation is 3.